The highest BCUT2D eigenvalue weighted by atomic mass is 32.2. The van der Waals surface area contributed by atoms with Gasteiger partial charge in [0.1, 0.15) is 9.84 Å². The van der Waals surface area contributed by atoms with E-state index in [-0.39, 0.29) is 11.5 Å². The van der Waals surface area contributed by atoms with Crippen LogP contribution in [0.15, 0.2) is 23.1 Å². The van der Waals surface area contributed by atoms with E-state index in [4.69, 9.17) is 5.73 Å². The molecule has 0 unspecified atom stereocenters. The van der Waals surface area contributed by atoms with Crippen molar-refractivity contribution in [3.05, 3.63) is 23.8 Å². The van der Waals surface area contributed by atoms with E-state index in [1.807, 2.05) is 25.1 Å². The fourth-order valence-electron chi connectivity index (χ4n) is 1.38. The normalized spacial score (nSPS) is 11.6. The predicted molar refractivity (Wildman–Crippen MR) is 75.3 cm³/mol. The molecule has 0 aliphatic carbocycles. The SMILES string of the molecule is CCS(=O)(=O)CCCSc1cc(N)ccc1C. The molecule has 17 heavy (non-hydrogen) atoms. The number of benzene rings is 1. The van der Waals surface area contributed by atoms with Crippen LogP contribution in [-0.2, 0) is 9.84 Å². The first-order valence-corrected chi connectivity index (χ1v) is 8.44. The number of hydrogen-bond acceptors (Lipinski definition) is 4. The summed E-state index contributed by atoms with van der Waals surface area (Å²) in [6.45, 7) is 3.72. The molecule has 0 spiro atoms. The average molecular weight is 273 g/mol. The lowest BCUT2D eigenvalue weighted by Crippen LogP contribution is -2.09. The molecular weight excluding hydrogens is 254 g/mol. The smallest absolute Gasteiger partial charge is 0.150 e. The lowest BCUT2D eigenvalue weighted by atomic mass is 10.2. The van der Waals surface area contributed by atoms with Gasteiger partial charge in [-0.15, -0.1) is 11.8 Å². The van der Waals surface area contributed by atoms with Gasteiger partial charge in [0, 0.05) is 16.3 Å². The molecule has 2 N–H and O–H groups in total. The quantitative estimate of drug-likeness (QED) is 0.491. The molecule has 0 fully saturated rings. The number of rotatable bonds is 6. The van der Waals surface area contributed by atoms with Gasteiger partial charge in [0.15, 0.2) is 0 Å². The van der Waals surface area contributed by atoms with Crippen molar-refractivity contribution in [2.24, 2.45) is 0 Å². The Hall–Kier alpha value is -0.680. The van der Waals surface area contributed by atoms with Crippen molar-refractivity contribution in [3.8, 4) is 0 Å². The third-order valence-corrected chi connectivity index (χ3v) is 5.54. The highest BCUT2D eigenvalue weighted by Gasteiger charge is 2.07. The van der Waals surface area contributed by atoms with Crippen molar-refractivity contribution in [3.63, 3.8) is 0 Å². The van der Waals surface area contributed by atoms with Gasteiger partial charge in [0.05, 0.1) is 5.75 Å². The molecule has 0 aliphatic heterocycles. The standard InChI is InChI=1S/C12H19NO2S2/c1-3-17(14,15)8-4-7-16-12-9-11(13)6-5-10(12)2/h5-6,9H,3-4,7-8,13H2,1-2H3. The maximum atomic E-state index is 11.3. The van der Waals surface area contributed by atoms with Gasteiger partial charge in [-0.25, -0.2) is 8.42 Å². The zero-order valence-electron chi connectivity index (χ0n) is 10.3. The molecule has 0 saturated carbocycles. The van der Waals surface area contributed by atoms with Gasteiger partial charge >= 0.3 is 0 Å². The second-order valence-electron chi connectivity index (χ2n) is 3.96. The topological polar surface area (TPSA) is 60.2 Å². The third kappa shape index (κ3) is 5.00. The van der Waals surface area contributed by atoms with Gasteiger partial charge in [-0.3, -0.25) is 0 Å². The highest BCUT2D eigenvalue weighted by Crippen LogP contribution is 2.25. The van der Waals surface area contributed by atoms with Crippen molar-refractivity contribution >= 4 is 27.3 Å². The summed E-state index contributed by atoms with van der Waals surface area (Å²) in [5.74, 6) is 1.32. The Bertz CT molecular complexity index is 469. The first-order chi connectivity index (χ1) is 7.94. The molecule has 0 bridgehead atoms. The minimum absolute atomic E-state index is 0.231. The fourth-order valence-corrected chi connectivity index (χ4v) is 3.46. The Labute approximate surface area is 108 Å². The molecular formula is C12H19NO2S2. The Morgan fingerprint density at radius 2 is 2.06 bits per heavy atom. The minimum Gasteiger partial charge on any atom is -0.399 e. The van der Waals surface area contributed by atoms with E-state index in [0.717, 1.165) is 16.3 Å². The van der Waals surface area contributed by atoms with E-state index in [9.17, 15) is 8.42 Å². The largest absolute Gasteiger partial charge is 0.399 e. The first kappa shape index (κ1) is 14.4. The summed E-state index contributed by atoms with van der Waals surface area (Å²) in [4.78, 5) is 1.14. The summed E-state index contributed by atoms with van der Waals surface area (Å²) in [5.41, 5.74) is 7.65. The summed E-state index contributed by atoms with van der Waals surface area (Å²) in [6, 6.07) is 5.80. The fraction of sp³-hybridized carbons (Fsp3) is 0.500. The zero-order valence-corrected chi connectivity index (χ0v) is 11.9. The van der Waals surface area contributed by atoms with Gasteiger partial charge in [-0.05, 0) is 36.8 Å². The molecule has 1 aromatic rings. The van der Waals surface area contributed by atoms with Crippen molar-refractivity contribution in [1.29, 1.82) is 0 Å². The van der Waals surface area contributed by atoms with Crippen LogP contribution >= 0.6 is 11.8 Å². The van der Waals surface area contributed by atoms with Gasteiger partial charge in [-0.2, -0.15) is 0 Å². The Balaban J connectivity index is 2.44. The van der Waals surface area contributed by atoms with Crippen LogP contribution in [0.5, 0.6) is 0 Å². The number of nitrogen functional groups attached to an aromatic ring is 1. The van der Waals surface area contributed by atoms with Crippen LogP contribution in [0, 0.1) is 6.92 Å². The summed E-state index contributed by atoms with van der Waals surface area (Å²) in [5, 5.41) is 0. The second kappa shape index (κ2) is 6.31. The summed E-state index contributed by atoms with van der Waals surface area (Å²) in [6.07, 6.45) is 0.690. The molecule has 0 aromatic heterocycles. The van der Waals surface area contributed by atoms with Gasteiger partial charge in [0.2, 0.25) is 0 Å². The Kier molecular flexibility index (Phi) is 5.33. The van der Waals surface area contributed by atoms with Crippen molar-refractivity contribution in [1.82, 2.24) is 0 Å². The molecule has 5 heteroatoms. The molecule has 0 aliphatic rings. The summed E-state index contributed by atoms with van der Waals surface area (Å²) >= 11 is 1.67. The molecule has 0 radical (unpaired) electrons. The highest BCUT2D eigenvalue weighted by molar-refractivity contribution is 7.99. The molecule has 1 aromatic carbocycles. The molecule has 1 rings (SSSR count). The average Bonchev–Trinajstić information content (AvgIpc) is 2.29. The molecule has 0 atom stereocenters. The van der Waals surface area contributed by atoms with Crippen molar-refractivity contribution in [2.75, 3.05) is 23.0 Å². The predicted octanol–water partition coefficient (Wildman–Crippen LogP) is 2.49. The number of aryl methyl sites for hydroxylation is 1. The Morgan fingerprint density at radius 1 is 1.35 bits per heavy atom. The lowest BCUT2D eigenvalue weighted by molar-refractivity contribution is 0.596. The molecule has 3 nitrogen and oxygen atoms in total. The number of sulfone groups is 1. The first-order valence-electron chi connectivity index (χ1n) is 5.64. The number of hydrogen-bond donors (Lipinski definition) is 1. The van der Waals surface area contributed by atoms with Crippen LogP contribution in [0.3, 0.4) is 0 Å². The van der Waals surface area contributed by atoms with Gasteiger partial charge in [-0.1, -0.05) is 13.0 Å². The van der Waals surface area contributed by atoms with E-state index >= 15 is 0 Å². The lowest BCUT2D eigenvalue weighted by Gasteiger charge is -2.06. The number of nitrogens with two attached hydrogens (primary N) is 1. The molecule has 96 valence electrons. The Morgan fingerprint density at radius 3 is 2.71 bits per heavy atom. The molecule has 0 saturated heterocycles. The molecule has 0 amide bonds. The maximum absolute atomic E-state index is 11.3. The van der Waals surface area contributed by atoms with E-state index in [0.29, 0.717) is 6.42 Å². The molecule has 0 heterocycles. The second-order valence-corrected chi connectivity index (χ2v) is 7.57. The van der Waals surface area contributed by atoms with Crippen molar-refractivity contribution < 1.29 is 8.42 Å². The number of thioether (sulfide) groups is 1. The zero-order chi connectivity index (χ0) is 12.9. The summed E-state index contributed by atoms with van der Waals surface area (Å²) in [7, 11) is -2.83. The van der Waals surface area contributed by atoms with E-state index in [2.05, 4.69) is 0 Å². The van der Waals surface area contributed by atoms with Gasteiger partial charge in [0.25, 0.3) is 0 Å². The van der Waals surface area contributed by atoms with Crippen LogP contribution < -0.4 is 5.73 Å². The minimum atomic E-state index is -2.83. The number of anilines is 1. The summed E-state index contributed by atoms with van der Waals surface area (Å²) < 4.78 is 22.6. The monoisotopic (exact) mass is 273 g/mol. The van der Waals surface area contributed by atoms with Crippen molar-refractivity contribution in [2.45, 2.75) is 25.2 Å². The van der Waals surface area contributed by atoms with Crippen LogP contribution in [0.1, 0.15) is 18.9 Å². The third-order valence-electron chi connectivity index (χ3n) is 2.51. The van der Waals surface area contributed by atoms with Crippen LogP contribution in [0.25, 0.3) is 0 Å². The van der Waals surface area contributed by atoms with E-state index in [1.54, 1.807) is 18.7 Å². The maximum Gasteiger partial charge on any atom is 0.150 e. The van der Waals surface area contributed by atoms with Gasteiger partial charge < -0.3 is 5.73 Å². The van der Waals surface area contributed by atoms with Crippen LogP contribution in [-0.4, -0.2) is 25.7 Å². The van der Waals surface area contributed by atoms with Crippen LogP contribution in [0.2, 0.25) is 0 Å². The van der Waals surface area contributed by atoms with E-state index < -0.39 is 9.84 Å². The van der Waals surface area contributed by atoms with E-state index in [1.165, 1.54) is 5.56 Å². The van der Waals surface area contributed by atoms with Crippen LogP contribution in [0.4, 0.5) is 5.69 Å².